The number of benzene rings is 2. The van der Waals surface area contributed by atoms with Gasteiger partial charge in [-0.1, -0.05) is 48.5 Å². The number of carbonyl (C=O) groups excluding carboxylic acids is 2. The molecule has 4 rings (SSSR count). The van der Waals surface area contributed by atoms with Gasteiger partial charge in [0.05, 0.1) is 0 Å². The maximum Gasteiger partial charge on any atom is 0.335 e. The highest BCUT2D eigenvalue weighted by molar-refractivity contribution is 5.92. The van der Waals surface area contributed by atoms with Gasteiger partial charge in [0.15, 0.2) is 0 Å². The topological polar surface area (TPSA) is 67.4 Å². The van der Waals surface area contributed by atoms with Crippen LogP contribution in [0, 0.1) is 0 Å². The van der Waals surface area contributed by atoms with E-state index in [1.54, 1.807) is 0 Å². The van der Waals surface area contributed by atoms with Crippen molar-refractivity contribution in [3.8, 4) is 0 Å². The Labute approximate surface area is 146 Å². The van der Waals surface area contributed by atoms with Crippen LogP contribution in [0.4, 0.5) is 0 Å². The van der Waals surface area contributed by atoms with Crippen molar-refractivity contribution < 1.29 is 14.3 Å². The van der Waals surface area contributed by atoms with E-state index in [1.165, 1.54) is 0 Å². The lowest BCUT2D eigenvalue weighted by atomic mass is 9.94. The second-order valence-electron chi connectivity index (χ2n) is 6.41. The molecule has 2 aliphatic rings. The fourth-order valence-electron chi connectivity index (χ4n) is 3.65. The van der Waals surface area contributed by atoms with Crippen molar-refractivity contribution in [2.45, 2.75) is 24.9 Å². The van der Waals surface area contributed by atoms with Crippen LogP contribution in [0.25, 0.3) is 0 Å². The molecule has 25 heavy (non-hydrogen) atoms. The molecule has 0 spiro atoms. The summed E-state index contributed by atoms with van der Waals surface area (Å²) >= 11 is 0. The van der Waals surface area contributed by atoms with Gasteiger partial charge in [0.25, 0.3) is 0 Å². The van der Waals surface area contributed by atoms with Crippen LogP contribution in [0.2, 0.25) is 0 Å². The molecule has 5 heteroatoms. The number of fused-ring (bicyclic) bond motifs is 2. The number of hydrogen-bond acceptors (Lipinski definition) is 5. The lowest BCUT2D eigenvalue weighted by Crippen LogP contribution is -2.40. The van der Waals surface area contributed by atoms with Gasteiger partial charge in [-0.2, -0.15) is 0 Å². The van der Waals surface area contributed by atoms with Crippen LogP contribution >= 0.6 is 0 Å². The van der Waals surface area contributed by atoms with Gasteiger partial charge in [-0.25, -0.2) is 9.59 Å². The summed E-state index contributed by atoms with van der Waals surface area (Å²) in [4.78, 5) is 25.2. The molecular weight excluding hydrogens is 316 g/mol. The Kier molecular flexibility index (Phi) is 4.34. The van der Waals surface area contributed by atoms with Crippen molar-refractivity contribution in [3.63, 3.8) is 0 Å². The number of rotatable bonds is 2. The highest BCUT2D eigenvalue weighted by Crippen LogP contribution is 2.26. The first-order chi connectivity index (χ1) is 12.2. The monoisotopic (exact) mass is 336 g/mol. The summed E-state index contributed by atoms with van der Waals surface area (Å²) in [6.45, 7) is 1.38. The first-order valence-electron chi connectivity index (χ1n) is 8.62. The summed E-state index contributed by atoms with van der Waals surface area (Å²) in [5, 5.41) is 6.31. The highest BCUT2D eigenvalue weighted by Gasteiger charge is 2.33. The van der Waals surface area contributed by atoms with Crippen LogP contribution in [0.5, 0.6) is 0 Å². The van der Waals surface area contributed by atoms with E-state index in [1.807, 2.05) is 48.5 Å². The van der Waals surface area contributed by atoms with Crippen molar-refractivity contribution in [1.82, 2.24) is 10.6 Å². The molecule has 0 saturated heterocycles. The quantitative estimate of drug-likeness (QED) is 0.647. The van der Waals surface area contributed by atoms with Crippen LogP contribution < -0.4 is 10.6 Å². The van der Waals surface area contributed by atoms with E-state index in [4.69, 9.17) is 4.74 Å². The molecule has 0 saturated carbocycles. The molecule has 0 fully saturated rings. The molecule has 128 valence electrons. The van der Waals surface area contributed by atoms with E-state index in [2.05, 4.69) is 10.6 Å². The van der Waals surface area contributed by atoms with Gasteiger partial charge >= 0.3 is 11.9 Å². The highest BCUT2D eigenvalue weighted by atomic mass is 16.6. The zero-order valence-corrected chi connectivity index (χ0v) is 13.8. The third kappa shape index (κ3) is 3.08. The predicted molar refractivity (Wildman–Crippen MR) is 92.9 cm³/mol. The SMILES string of the molecule is O=C(OC(=O)C1NCCc2ccccc21)C1NCCc2ccccc21. The summed E-state index contributed by atoms with van der Waals surface area (Å²) < 4.78 is 5.24. The van der Waals surface area contributed by atoms with Gasteiger partial charge in [-0.15, -0.1) is 0 Å². The van der Waals surface area contributed by atoms with E-state index >= 15 is 0 Å². The maximum atomic E-state index is 12.6. The molecule has 0 radical (unpaired) electrons. The van der Waals surface area contributed by atoms with E-state index in [9.17, 15) is 9.59 Å². The molecule has 2 unspecified atom stereocenters. The maximum absolute atomic E-state index is 12.6. The van der Waals surface area contributed by atoms with Gasteiger partial charge in [-0.3, -0.25) is 0 Å². The molecule has 2 aromatic rings. The van der Waals surface area contributed by atoms with E-state index in [-0.39, 0.29) is 0 Å². The zero-order valence-electron chi connectivity index (χ0n) is 13.8. The second kappa shape index (κ2) is 6.78. The van der Waals surface area contributed by atoms with Gasteiger partial charge in [-0.05, 0) is 35.1 Å². The lowest BCUT2D eigenvalue weighted by molar-refractivity contribution is -0.163. The van der Waals surface area contributed by atoms with E-state index in [0.717, 1.165) is 35.1 Å². The number of esters is 2. The summed E-state index contributed by atoms with van der Waals surface area (Å²) in [7, 11) is 0. The normalized spacial score (nSPS) is 21.8. The van der Waals surface area contributed by atoms with Crippen LogP contribution in [0.3, 0.4) is 0 Å². The van der Waals surface area contributed by atoms with Crippen molar-refractivity contribution in [1.29, 1.82) is 0 Å². The Hall–Kier alpha value is -2.50. The Morgan fingerprint density at radius 3 is 1.68 bits per heavy atom. The predicted octanol–water partition coefficient (Wildman–Crippen LogP) is 1.83. The fraction of sp³-hybridized carbons (Fsp3) is 0.300. The van der Waals surface area contributed by atoms with Crippen molar-refractivity contribution >= 4 is 11.9 Å². The number of ether oxygens (including phenoxy) is 1. The van der Waals surface area contributed by atoms with Crippen LogP contribution in [0.1, 0.15) is 34.3 Å². The van der Waals surface area contributed by atoms with Gasteiger partial charge in [0.1, 0.15) is 12.1 Å². The Morgan fingerprint density at radius 2 is 1.20 bits per heavy atom. The summed E-state index contributed by atoms with van der Waals surface area (Å²) in [6, 6.07) is 14.4. The molecule has 2 aliphatic heterocycles. The number of hydrogen-bond donors (Lipinski definition) is 2. The zero-order chi connectivity index (χ0) is 17.2. The standard InChI is InChI=1S/C20H20N2O3/c23-19(17-15-7-3-1-5-13(15)9-11-21-17)25-20(24)18-16-8-4-2-6-14(16)10-12-22-18/h1-8,17-18,21-22H,9-12H2. The molecule has 0 bridgehead atoms. The Balaban J connectivity index is 1.52. The molecule has 2 heterocycles. The first kappa shape index (κ1) is 16.0. The van der Waals surface area contributed by atoms with Crippen molar-refractivity contribution in [2.75, 3.05) is 13.1 Å². The largest absolute Gasteiger partial charge is 0.390 e. The molecular formula is C20H20N2O3. The van der Waals surface area contributed by atoms with Crippen LogP contribution in [0.15, 0.2) is 48.5 Å². The fourth-order valence-corrected chi connectivity index (χ4v) is 3.65. The summed E-state index contributed by atoms with van der Waals surface area (Å²) in [6.07, 6.45) is 1.73. The summed E-state index contributed by atoms with van der Waals surface area (Å²) in [5.74, 6) is -1.08. The van der Waals surface area contributed by atoms with Crippen LogP contribution in [-0.4, -0.2) is 25.0 Å². The van der Waals surface area contributed by atoms with Crippen LogP contribution in [-0.2, 0) is 27.2 Å². The first-order valence-corrected chi connectivity index (χ1v) is 8.62. The van der Waals surface area contributed by atoms with Gasteiger partial charge in [0.2, 0.25) is 0 Å². The van der Waals surface area contributed by atoms with Crippen molar-refractivity contribution in [2.24, 2.45) is 0 Å². The molecule has 0 aliphatic carbocycles. The van der Waals surface area contributed by atoms with E-state index in [0.29, 0.717) is 13.1 Å². The summed E-state index contributed by atoms with van der Waals surface area (Å²) in [5.41, 5.74) is 4.03. The number of carbonyl (C=O) groups is 2. The molecule has 0 amide bonds. The minimum Gasteiger partial charge on any atom is -0.390 e. The Bertz CT molecular complexity index is 751. The molecule has 2 atom stereocenters. The van der Waals surface area contributed by atoms with Gasteiger partial charge in [0, 0.05) is 13.1 Å². The Morgan fingerprint density at radius 1 is 0.760 bits per heavy atom. The molecule has 5 nitrogen and oxygen atoms in total. The molecule has 2 N–H and O–H groups in total. The second-order valence-corrected chi connectivity index (χ2v) is 6.41. The average Bonchev–Trinajstić information content (AvgIpc) is 2.67. The number of nitrogens with one attached hydrogen (secondary N) is 2. The third-order valence-corrected chi connectivity index (χ3v) is 4.89. The minimum atomic E-state index is -0.590. The minimum absolute atomic E-state index is 0.540. The third-order valence-electron chi connectivity index (χ3n) is 4.89. The lowest BCUT2D eigenvalue weighted by Gasteiger charge is -2.27. The van der Waals surface area contributed by atoms with E-state index < -0.39 is 24.0 Å². The van der Waals surface area contributed by atoms with Gasteiger partial charge < -0.3 is 15.4 Å². The average molecular weight is 336 g/mol. The van der Waals surface area contributed by atoms with Crippen molar-refractivity contribution in [3.05, 3.63) is 70.8 Å². The smallest absolute Gasteiger partial charge is 0.335 e. The molecule has 0 aromatic heterocycles. The molecule has 2 aromatic carbocycles.